The van der Waals surface area contributed by atoms with Gasteiger partial charge < -0.3 is 15.2 Å². The van der Waals surface area contributed by atoms with Gasteiger partial charge in [0.05, 0.1) is 5.56 Å². The number of carbonyl (C=O) groups is 2. The number of nitrogens with zero attached hydrogens (tertiary/aromatic N) is 4. The molecule has 2 N–H and O–H groups in total. The molecule has 3 aromatic rings. The van der Waals surface area contributed by atoms with Crippen molar-refractivity contribution in [2.75, 3.05) is 5.32 Å². The van der Waals surface area contributed by atoms with Crippen molar-refractivity contribution >= 4 is 35.4 Å². The summed E-state index contributed by atoms with van der Waals surface area (Å²) in [7, 11) is 1.73. The van der Waals surface area contributed by atoms with Crippen LogP contribution in [0.1, 0.15) is 52.8 Å². The molecular formula is C24H24ClN5O4. The number of hydrogen-bond donors (Lipinski definition) is 2. The Morgan fingerprint density at radius 3 is 2.79 bits per heavy atom. The highest BCUT2D eigenvalue weighted by atomic mass is 35.5. The minimum atomic E-state index is -0.477. The Balaban J connectivity index is 1.41. The van der Waals surface area contributed by atoms with Crippen molar-refractivity contribution in [2.24, 2.45) is 18.0 Å². The third-order valence-corrected chi connectivity index (χ3v) is 5.79. The third kappa shape index (κ3) is 5.99. The Labute approximate surface area is 201 Å². The number of rotatable bonds is 8. The summed E-state index contributed by atoms with van der Waals surface area (Å²) in [5, 5.41) is 16.9. The number of hydrogen-bond acceptors (Lipinski definition) is 6. The van der Waals surface area contributed by atoms with Gasteiger partial charge in [0.25, 0.3) is 11.8 Å². The van der Waals surface area contributed by atoms with Crippen molar-refractivity contribution in [3.05, 3.63) is 58.9 Å². The summed E-state index contributed by atoms with van der Waals surface area (Å²) in [5.41, 5.74) is 0.392. The molecule has 34 heavy (non-hydrogen) atoms. The van der Waals surface area contributed by atoms with E-state index in [4.69, 9.17) is 16.3 Å². The Hall–Kier alpha value is -3.72. The van der Waals surface area contributed by atoms with Crippen LogP contribution in [0.4, 0.5) is 5.82 Å². The number of pyridine rings is 1. The molecule has 10 heteroatoms. The molecule has 0 spiro atoms. The van der Waals surface area contributed by atoms with Crippen LogP contribution in [0, 0.1) is 5.92 Å². The average Bonchev–Trinajstić information content (AvgIpc) is 3.17. The number of nitrogens with one attached hydrogen (secondary N) is 1. The lowest BCUT2D eigenvalue weighted by molar-refractivity contribution is 0.0999. The molecule has 1 saturated carbocycles. The first-order chi connectivity index (χ1) is 16.4. The lowest BCUT2D eigenvalue weighted by atomic mass is 9.82. The zero-order valence-electron chi connectivity index (χ0n) is 18.6. The number of phenols is 1. The number of aliphatic imine (C=N–C) groups is 1. The Morgan fingerprint density at radius 1 is 1.29 bits per heavy atom. The van der Waals surface area contributed by atoms with Crippen LogP contribution in [0.5, 0.6) is 17.4 Å². The summed E-state index contributed by atoms with van der Waals surface area (Å²) >= 11 is 6.26. The fourth-order valence-electron chi connectivity index (χ4n) is 3.49. The van der Waals surface area contributed by atoms with Crippen LogP contribution in [0.3, 0.4) is 0 Å². The number of amides is 2. The minimum Gasteiger partial charge on any atom is -0.508 e. The number of aryl methyl sites for hydroxylation is 1. The van der Waals surface area contributed by atoms with Crippen molar-refractivity contribution in [1.29, 1.82) is 0 Å². The molecule has 1 aromatic carbocycles. The number of aromatic hydroxyl groups is 1. The molecule has 0 radical (unpaired) electrons. The number of carbonyl (C=O) groups excluding carboxylic acids is 2. The smallest absolute Gasteiger partial charge is 0.278 e. The van der Waals surface area contributed by atoms with Crippen LogP contribution < -0.4 is 10.1 Å². The molecule has 4 rings (SSSR count). The molecule has 1 fully saturated rings. The number of ether oxygens (including phenoxy) is 1. The SMILES string of the molecule is Cn1ccc(NC(=O)c2cc(O)cc(Oc3ncc(C(=O)/N=C/CCC4CCC4)cc3Cl)c2)n1. The third-order valence-electron chi connectivity index (χ3n) is 5.51. The van der Waals surface area contributed by atoms with Crippen LogP contribution in [-0.2, 0) is 7.05 Å². The van der Waals surface area contributed by atoms with Gasteiger partial charge in [0.1, 0.15) is 16.5 Å². The van der Waals surface area contributed by atoms with Gasteiger partial charge in [0, 0.05) is 43.4 Å². The summed E-state index contributed by atoms with van der Waals surface area (Å²) in [6.07, 6.45) is 10.3. The zero-order chi connectivity index (χ0) is 24.1. The van der Waals surface area contributed by atoms with E-state index >= 15 is 0 Å². The molecular weight excluding hydrogens is 458 g/mol. The first-order valence-electron chi connectivity index (χ1n) is 10.9. The van der Waals surface area contributed by atoms with E-state index in [1.165, 1.54) is 49.7 Å². The second kappa shape index (κ2) is 10.5. The molecule has 0 unspecified atom stereocenters. The highest BCUT2D eigenvalue weighted by Gasteiger charge is 2.17. The van der Waals surface area contributed by atoms with Gasteiger partial charge in [-0.2, -0.15) is 5.10 Å². The fourth-order valence-corrected chi connectivity index (χ4v) is 3.69. The molecule has 0 saturated heterocycles. The van der Waals surface area contributed by atoms with Crippen LogP contribution >= 0.6 is 11.6 Å². The maximum atomic E-state index is 12.5. The standard InChI is InChI=1S/C24H24ClN5O4/c1-30-9-7-21(29-30)28-23(33)16-10-18(31)13-19(11-16)34-24-20(25)12-17(14-27-24)22(32)26-8-3-6-15-4-2-5-15/h7-15,31H,2-6H2,1H3,(H,28,29,33)/b26-8+. The number of phenolic OH excluding ortho intramolecular Hbond substituents is 1. The van der Waals surface area contributed by atoms with Gasteiger partial charge in [-0.25, -0.2) is 9.98 Å². The van der Waals surface area contributed by atoms with Gasteiger partial charge in [0.15, 0.2) is 5.82 Å². The van der Waals surface area contributed by atoms with Crippen LogP contribution in [0.2, 0.25) is 5.02 Å². The van der Waals surface area contributed by atoms with Crippen molar-refractivity contribution in [2.45, 2.75) is 32.1 Å². The van der Waals surface area contributed by atoms with E-state index in [1.807, 2.05) is 0 Å². The number of halogens is 1. The van der Waals surface area contributed by atoms with E-state index in [2.05, 4.69) is 20.4 Å². The lowest BCUT2D eigenvalue weighted by Gasteiger charge is -2.24. The van der Waals surface area contributed by atoms with E-state index in [0.717, 1.165) is 18.8 Å². The van der Waals surface area contributed by atoms with E-state index in [-0.39, 0.29) is 33.5 Å². The zero-order valence-corrected chi connectivity index (χ0v) is 19.3. The van der Waals surface area contributed by atoms with Crippen LogP contribution in [-0.4, -0.2) is 37.9 Å². The normalized spacial score (nSPS) is 13.6. The molecule has 2 amide bonds. The first-order valence-corrected chi connectivity index (χ1v) is 11.3. The van der Waals surface area contributed by atoms with Gasteiger partial charge in [-0.3, -0.25) is 14.3 Å². The van der Waals surface area contributed by atoms with Gasteiger partial charge in [-0.05, 0) is 37.0 Å². The monoisotopic (exact) mass is 481 g/mol. The van der Waals surface area contributed by atoms with Gasteiger partial charge in [0.2, 0.25) is 5.88 Å². The Bertz CT molecular complexity index is 1240. The summed E-state index contributed by atoms with van der Waals surface area (Å²) in [4.78, 5) is 32.9. The molecule has 176 valence electrons. The van der Waals surface area contributed by atoms with Crippen molar-refractivity contribution in [1.82, 2.24) is 14.8 Å². The van der Waals surface area contributed by atoms with E-state index < -0.39 is 11.8 Å². The highest BCUT2D eigenvalue weighted by Crippen LogP contribution is 2.31. The largest absolute Gasteiger partial charge is 0.508 e. The van der Waals surface area contributed by atoms with Crippen molar-refractivity contribution < 1.29 is 19.4 Å². The summed E-state index contributed by atoms with van der Waals surface area (Å²) in [6, 6.07) is 7.11. The molecule has 9 nitrogen and oxygen atoms in total. The highest BCUT2D eigenvalue weighted by molar-refractivity contribution is 6.32. The minimum absolute atomic E-state index is 0.0221. The average molecular weight is 482 g/mol. The molecule has 0 bridgehead atoms. The molecule has 2 heterocycles. The van der Waals surface area contributed by atoms with E-state index in [1.54, 1.807) is 30.2 Å². The lowest BCUT2D eigenvalue weighted by Crippen LogP contribution is -2.12. The van der Waals surface area contributed by atoms with Crippen LogP contribution in [0.15, 0.2) is 47.7 Å². The summed E-state index contributed by atoms with van der Waals surface area (Å²) in [6.45, 7) is 0. The number of benzene rings is 1. The first kappa shape index (κ1) is 23.4. The molecule has 1 aliphatic rings. The maximum absolute atomic E-state index is 12.5. The van der Waals surface area contributed by atoms with Gasteiger partial charge in [-0.1, -0.05) is 30.9 Å². The Kier molecular flexibility index (Phi) is 7.22. The maximum Gasteiger partial charge on any atom is 0.278 e. The molecule has 0 aliphatic heterocycles. The van der Waals surface area contributed by atoms with Gasteiger partial charge >= 0.3 is 0 Å². The molecule has 0 atom stereocenters. The van der Waals surface area contributed by atoms with Gasteiger partial charge in [-0.15, -0.1) is 0 Å². The van der Waals surface area contributed by atoms with Crippen molar-refractivity contribution in [3.63, 3.8) is 0 Å². The Morgan fingerprint density at radius 2 is 2.12 bits per heavy atom. The predicted octanol–water partition coefficient (Wildman–Crippen LogP) is 5.01. The number of anilines is 1. The predicted molar refractivity (Wildman–Crippen MR) is 128 cm³/mol. The quantitative estimate of drug-likeness (QED) is 0.436. The van der Waals surface area contributed by atoms with Crippen LogP contribution in [0.25, 0.3) is 0 Å². The van der Waals surface area contributed by atoms with Crippen molar-refractivity contribution in [3.8, 4) is 17.4 Å². The topological polar surface area (TPSA) is 119 Å². The van der Waals surface area contributed by atoms with E-state index in [9.17, 15) is 14.7 Å². The number of aromatic nitrogens is 3. The summed E-state index contributed by atoms with van der Waals surface area (Å²) in [5.74, 6) is 0.211. The second-order valence-corrected chi connectivity index (χ2v) is 8.56. The molecule has 2 aromatic heterocycles. The van der Waals surface area contributed by atoms with E-state index in [0.29, 0.717) is 5.82 Å². The second-order valence-electron chi connectivity index (χ2n) is 8.15. The molecule has 1 aliphatic carbocycles. The fraction of sp³-hybridized carbons (Fsp3) is 0.292. The summed E-state index contributed by atoms with van der Waals surface area (Å²) < 4.78 is 7.21.